The van der Waals surface area contributed by atoms with Gasteiger partial charge in [-0.25, -0.2) is 9.59 Å². The van der Waals surface area contributed by atoms with E-state index >= 15 is 0 Å². The van der Waals surface area contributed by atoms with Crippen molar-refractivity contribution in [2.75, 3.05) is 13.2 Å². The maximum Gasteiger partial charge on any atom is 0.328 e. The number of rotatable bonds is 25. The molecule has 12 nitrogen and oxygen atoms in total. The molecule has 0 aromatic heterocycles. The predicted octanol–water partition coefficient (Wildman–Crippen LogP) is 4.80. The summed E-state index contributed by atoms with van der Waals surface area (Å²) in [7, 11) is 0. The van der Waals surface area contributed by atoms with Gasteiger partial charge in [-0.15, -0.1) is 0 Å². The van der Waals surface area contributed by atoms with Gasteiger partial charge in [0.05, 0.1) is 24.9 Å². The van der Waals surface area contributed by atoms with E-state index in [-0.39, 0.29) is 18.8 Å². The zero-order valence-electron chi connectivity index (χ0n) is 29.4. The van der Waals surface area contributed by atoms with E-state index in [2.05, 4.69) is 6.92 Å². The second-order valence-corrected chi connectivity index (χ2v) is 13.4. The molecule has 0 aliphatic carbocycles. The summed E-state index contributed by atoms with van der Waals surface area (Å²) in [5, 5.41) is 68.5. The molecule has 0 heterocycles. The molecule has 0 radical (unpaired) electrons. The molecule has 0 aliphatic rings. The second-order valence-electron chi connectivity index (χ2n) is 13.4. The Labute approximate surface area is 284 Å². The van der Waals surface area contributed by atoms with Gasteiger partial charge in [-0.1, -0.05) is 55.9 Å². The molecule has 0 aliphatic heterocycles. The molecule has 0 rings (SSSR count). The first-order chi connectivity index (χ1) is 22.3. The fourth-order valence-electron chi connectivity index (χ4n) is 5.89. The fourth-order valence-corrected chi connectivity index (χ4v) is 5.89. The normalized spacial score (nSPS) is 17.5. The number of hydrogen-bond donors (Lipinski definition) is 7. The monoisotopic (exact) mass is 682 g/mol. The highest BCUT2D eigenvalue weighted by Crippen LogP contribution is 2.26. The van der Waals surface area contributed by atoms with Crippen molar-refractivity contribution in [2.45, 2.75) is 124 Å². The molecule has 0 unspecified atom stereocenters. The van der Waals surface area contributed by atoms with Crippen molar-refractivity contribution in [1.29, 1.82) is 0 Å². The topological polar surface area (TPSA) is 219 Å². The Bertz CT molecular complexity index is 1160. The maximum atomic E-state index is 13.0. The summed E-state index contributed by atoms with van der Waals surface area (Å²) < 4.78 is 5.50. The van der Waals surface area contributed by atoms with Gasteiger partial charge in [-0.3, -0.25) is 9.59 Å². The third-order valence-electron chi connectivity index (χ3n) is 8.08. The number of carbonyl (C=O) groups excluding carboxylic acids is 1. The third kappa shape index (κ3) is 20.1. The number of allylic oxidation sites excluding steroid dienone is 5. The van der Waals surface area contributed by atoms with Crippen LogP contribution in [0.5, 0.6) is 0 Å². The smallest absolute Gasteiger partial charge is 0.328 e. The summed E-state index contributed by atoms with van der Waals surface area (Å²) >= 11 is 0. The first-order valence-electron chi connectivity index (χ1n) is 16.5. The van der Waals surface area contributed by atoms with Crippen LogP contribution in [0.1, 0.15) is 106 Å². The van der Waals surface area contributed by atoms with Crippen LogP contribution < -0.4 is 0 Å². The number of hydrogen-bond acceptors (Lipinski definition) is 9. The van der Waals surface area contributed by atoms with Crippen LogP contribution >= 0.6 is 0 Å². The van der Waals surface area contributed by atoms with Crippen molar-refractivity contribution in [3.63, 3.8) is 0 Å². The molecular weight excluding hydrogens is 624 g/mol. The minimum atomic E-state index is -1.37. The van der Waals surface area contributed by atoms with Crippen LogP contribution in [0.4, 0.5) is 0 Å². The molecule has 274 valence electrons. The number of carbonyl (C=O) groups is 4. The van der Waals surface area contributed by atoms with Gasteiger partial charge in [0.2, 0.25) is 0 Å². The van der Waals surface area contributed by atoms with Crippen molar-refractivity contribution in [3.8, 4) is 0 Å². The van der Waals surface area contributed by atoms with Crippen LogP contribution in [0.2, 0.25) is 0 Å². The van der Waals surface area contributed by atoms with Gasteiger partial charge < -0.3 is 40.5 Å². The molecular formula is C36H58O12. The molecule has 0 amide bonds. The van der Waals surface area contributed by atoms with E-state index in [9.17, 15) is 44.7 Å². The Morgan fingerprint density at radius 2 is 1.23 bits per heavy atom. The van der Waals surface area contributed by atoms with Crippen LogP contribution in [-0.2, 0) is 23.9 Å². The van der Waals surface area contributed by atoms with E-state index in [1.807, 2.05) is 13.0 Å². The number of aliphatic hydroxyl groups excluding tert-OH is 3. The highest BCUT2D eigenvalue weighted by molar-refractivity contribution is 5.81. The van der Waals surface area contributed by atoms with Crippen molar-refractivity contribution in [2.24, 2.45) is 17.8 Å². The molecule has 7 N–H and O–H groups in total. The zero-order valence-corrected chi connectivity index (χ0v) is 29.4. The van der Waals surface area contributed by atoms with Gasteiger partial charge in [-0.2, -0.15) is 0 Å². The molecule has 12 heteroatoms. The van der Waals surface area contributed by atoms with Crippen molar-refractivity contribution in [1.82, 2.24) is 0 Å². The van der Waals surface area contributed by atoms with Gasteiger partial charge in [-0.05, 0) is 90.2 Å². The molecule has 0 bridgehead atoms. The Morgan fingerprint density at radius 1 is 0.729 bits per heavy atom. The molecule has 6 atom stereocenters. The molecule has 48 heavy (non-hydrogen) atoms. The van der Waals surface area contributed by atoms with E-state index < -0.39 is 66.7 Å². The Balaban J connectivity index is 5.11. The minimum Gasteiger partial charge on any atom is -0.481 e. The largest absolute Gasteiger partial charge is 0.481 e. The molecule has 0 aromatic carbocycles. The lowest BCUT2D eigenvalue weighted by atomic mass is 9.89. The lowest BCUT2D eigenvalue weighted by molar-refractivity contribution is -0.169. The number of esters is 1. The van der Waals surface area contributed by atoms with Crippen LogP contribution in [0, 0.1) is 17.8 Å². The lowest BCUT2D eigenvalue weighted by Gasteiger charge is -2.27. The standard InChI is InChI=1S/C36H58O12/c1-23(15-24(2)16-25(3)18-32(40)41)11-7-8-13-31(29(22-38)34(44)45)48-35(46)28(21-37)30(39)12-9-10-14-36(6,47)20-27(5)17-26(4)19-33(42)43/h16-19,23,28-31,37-39,47H,7-15,20-22H2,1-6H3,(H,40,41)(H,42,43)(H,44,45)/b24-16+,25-18+,26-19+,27-17+/t23-,28-,29+,30+,31-,36-/m0/s1. The molecule has 0 aromatic rings. The average molecular weight is 683 g/mol. The van der Waals surface area contributed by atoms with Gasteiger partial charge in [0.1, 0.15) is 17.9 Å². The average Bonchev–Trinajstić information content (AvgIpc) is 2.92. The van der Waals surface area contributed by atoms with Crippen molar-refractivity contribution < 1.29 is 59.7 Å². The van der Waals surface area contributed by atoms with Crippen LogP contribution in [0.25, 0.3) is 0 Å². The summed E-state index contributed by atoms with van der Waals surface area (Å²) in [6.45, 7) is 9.32. The molecule has 0 saturated carbocycles. The number of carboxylic acids is 3. The van der Waals surface area contributed by atoms with Gasteiger partial charge in [0.15, 0.2) is 0 Å². The van der Waals surface area contributed by atoms with Crippen molar-refractivity contribution >= 4 is 23.9 Å². The molecule has 0 fully saturated rings. The highest BCUT2D eigenvalue weighted by Gasteiger charge is 2.35. The van der Waals surface area contributed by atoms with Gasteiger partial charge >= 0.3 is 23.9 Å². The number of carboxylic acid groups (broad SMARTS) is 3. The third-order valence-corrected chi connectivity index (χ3v) is 8.08. The Kier molecular flexibility index (Phi) is 21.5. The van der Waals surface area contributed by atoms with Crippen molar-refractivity contribution in [3.05, 3.63) is 46.6 Å². The predicted molar refractivity (Wildman–Crippen MR) is 181 cm³/mol. The first kappa shape index (κ1) is 44.7. The van der Waals surface area contributed by atoms with E-state index in [4.69, 9.17) is 14.9 Å². The number of unbranched alkanes of at least 4 members (excludes halogenated alkanes) is 2. The van der Waals surface area contributed by atoms with Gasteiger partial charge in [0.25, 0.3) is 0 Å². The van der Waals surface area contributed by atoms with E-state index in [0.717, 1.165) is 36.1 Å². The van der Waals surface area contributed by atoms with Crippen LogP contribution in [-0.4, -0.2) is 90.6 Å². The molecule has 0 spiro atoms. The summed E-state index contributed by atoms with van der Waals surface area (Å²) in [6, 6.07) is 0. The van der Waals surface area contributed by atoms with E-state index in [1.54, 1.807) is 33.8 Å². The summed E-state index contributed by atoms with van der Waals surface area (Å²) in [6.07, 6.45) is 7.88. The summed E-state index contributed by atoms with van der Waals surface area (Å²) in [4.78, 5) is 46.5. The number of aliphatic hydroxyl groups is 4. The number of aliphatic carboxylic acids is 3. The molecule has 0 saturated heterocycles. The quantitative estimate of drug-likeness (QED) is 0.0299. The second kappa shape index (κ2) is 23.1. The summed E-state index contributed by atoms with van der Waals surface area (Å²) in [5.41, 5.74) is 1.93. The Morgan fingerprint density at radius 3 is 1.73 bits per heavy atom. The Hall–Kier alpha value is -3.32. The zero-order chi connectivity index (χ0) is 37.0. The first-order valence-corrected chi connectivity index (χ1v) is 16.5. The van der Waals surface area contributed by atoms with Crippen LogP contribution in [0.3, 0.4) is 0 Å². The SMILES string of the molecule is CC(=C\C(=O)O)/C=C(\C)C[C@@H](C)CCCC[C@H](OC(=O)[C@@H](CO)[C@H](O)CCCC[C@](C)(O)C/C(C)=C/C(C)=C/C(=O)O)[C@@H](CO)C(=O)O. The fraction of sp³-hybridized carbons (Fsp3) is 0.667. The van der Waals surface area contributed by atoms with E-state index in [0.29, 0.717) is 49.7 Å². The minimum absolute atomic E-state index is 0.121. The summed E-state index contributed by atoms with van der Waals surface area (Å²) in [5.74, 6) is -6.78. The van der Waals surface area contributed by atoms with Crippen LogP contribution in [0.15, 0.2) is 46.6 Å². The van der Waals surface area contributed by atoms with E-state index in [1.165, 1.54) is 0 Å². The maximum absolute atomic E-state index is 13.0. The lowest BCUT2D eigenvalue weighted by Crippen LogP contribution is -2.40. The van der Waals surface area contributed by atoms with Gasteiger partial charge in [0, 0.05) is 12.2 Å². The number of ether oxygens (including phenoxy) is 1. The highest BCUT2D eigenvalue weighted by atomic mass is 16.5.